The molecule has 0 aliphatic rings. The fourth-order valence-corrected chi connectivity index (χ4v) is 3.02. The molecule has 0 aromatic heterocycles. The lowest BCUT2D eigenvalue weighted by atomic mass is 10.2. The molecule has 0 atom stereocenters. The third-order valence-electron chi connectivity index (χ3n) is 4.09. The molecule has 0 heterocycles. The van der Waals surface area contributed by atoms with E-state index in [1.54, 1.807) is 30.2 Å². The molecule has 0 spiro atoms. The lowest BCUT2D eigenvalue weighted by Crippen LogP contribution is -2.23. The molecule has 2 rings (SSSR count). The maximum absolute atomic E-state index is 12.0. The van der Waals surface area contributed by atoms with Gasteiger partial charge in [-0.1, -0.05) is 41.9 Å². The maximum atomic E-state index is 12.0. The van der Waals surface area contributed by atoms with E-state index in [-0.39, 0.29) is 18.5 Å². The summed E-state index contributed by atoms with van der Waals surface area (Å²) >= 11 is 6.37. The molecular formula is C25H29ClN2O4. The van der Waals surface area contributed by atoms with Crippen LogP contribution in [0, 0.1) is 0 Å². The summed E-state index contributed by atoms with van der Waals surface area (Å²) in [6, 6.07) is 15.0. The maximum Gasteiger partial charge on any atom is 0.332 e. The number of ether oxygens (including phenoxy) is 2. The molecule has 2 aromatic carbocycles. The van der Waals surface area contributed by atoms with Gasteiger partial charge >= 0.3 is 5.97 Å². The van der Waals surface area contributed by atoms with E-state index < -0.39 is 5.97 Å². The molecule has 0 aliphatic heterocycles. The second-order valence-electron chi connectivity index (χ2n) is 7.26. The predicted octanol–water partition coefficient (Wildman–Crippen LogP) is 5.55. The van der Waals surface area contributed by atoms with Crippen molar-refractivity contribution in [3.8, 4) is 5.75 Å². The van der Waals surface area contributed by atoms with E-state index in [2.05, 4.69) is 5.32 Å². The van der Waals surface area contributed by atoms with Crippen molar-refractivity contribution in [2.75, 3.05) is 11.9 Å². The second-order valence-corrected chi connectivity index (χ2v) is 7.67. The van der Waals surface area contributed by atoms with Crippen LogP contribution in [0.5, 0.6) is 5.75 Å². The second kappa shape index (κ2) is 12.6. The van der Waals surface area contributed by atoms with Crippen molar-refractivity contribution in [1.82, 2.24) is 4.90 Å². The van der Waals surface area contributed by atoms with Crippen LogP contribution in [0.25, 0.3) is 0 Å². The van der Waals surface area contributed by atoms with E-state index in [0.29, 0.717) is 28.8 Å². The van der Waals surface area contributed by atoms with Crippen LogP contribution in [-0.4, -0.2) is 29.4 Å². The van der Waals surface area contributed by atoms with Gasteiger partial charge in [0.1, 0.15) is 11.6 Å². The smallest absolute Gasteiger partial charge is 0.332 e. The number of halogens is 1. The van der Waals surface area contributed by atoms with Crippen LogP contribution >= 0.6 is 11.6 Å². The van der Waals surface area contributed by atoms with Crippen LogP contribution in [-0.2, 0) is 20.9 Å². The SMILES string of the molecule is CCOC(=O)/C=C/N(Cc1ccccc1)/C(=C\C(C)=O)Nc1ccc(OC(C)C)c(Cl)c1. The summed E-state index contributed by atoms with van der Waals surface area (Å²) in [6.45, 7) is 7.75. The highest BCUT2D eigenvalue weighted by Gasteiger charge is 2.12. The Morgan fingerprint density at radius 1 is 1.16 bits per heavy atom. The van der Waals surface area contributed by atoms with Crippen LogP contribution in [0.15, 0.2) is 72.7 Å². The van der Waals surface area contributed by atoms with Gasteiger partial charge in [0, 0.05) is 30.6 Å². The molecule has 1 N–H and O–H groups in total. The summed E-state index contributed by atoms with van der Waals surface area (Å²) in [4.78, 5) is 25.6. The molecule has 7 heteroatoms. The highest BCUT2D eigenvalue weighted by atomic mass is 35.5. The zero-order chi connectivity index (χ0) is 23.5. The Hall–Kier alpha value is -3.25. The number of hydrogen-bond acceptors (Lipinski definition) is 6. The van der Waals surface area contributed by atoms with Gasteiger partial charge in [0.25, 0.3) is 0 Å². The zero-order valence-electron chi connectivity index (χ0n) is 18.8. The monoisotopic (exact) mass is 456 g/mol. The summed E-state index contributed by atoms with van der Waals surface area (Å²) in [6.07, 6.45) is 4.37. The van der Waals surface area contributed by atoms with Crippen molar-refractivity contribution in [1.29, 1.82) is 0 Å². The molecule has 0 aliphatic carbocycles. The van der Waals surface area contributed by atoms with Crippen molar-refractivity contribution in [3.05, 3.63) is 83.3 Å². The Bertz CT molecular complexity index is 971. The Morgan fingerprint density at radius 2 is 1.88 bits per heavy atom. The molecule has 0 saturated carbocycles. The van der Waals surface area contributed by atoms with Crippen molar-refractivity contribution in [2.24, 2.45) is 0 Å². The van der Waals surface area contributed by atoms with E-state index in [4.69, 9.17) is 21.1 Å². The first-order chi connectivity index (χ1) is 15.3. The highest BCUT2D eigenvalue weighted by Crippen LogP contribution is 2.29. The largest absolute Gasteiger partial charge is 0.489 e. The van der Waals surface area contributed by atoms with E-state index in [9.17, 15) is 9.59 Å². The Labute approximate surface area is 194 Å². The summed E-state index contributed by atoms with van der Waals surface area (Å²) in [5.41, 5.74) is 1.66. The van der Waals surface area contributed by atoms with Crippen LogP contribution in [0.2, 0.25) is 5.02 Å². The molecule has 0 fully saturated rings. The van der Waals surface area contributed by atoms with Gasteiger partial charge < -0.3 is 19.7 Å². The molecule has 170 valence electrons. The number of rotatable bonds is 11. The topological polar surface area (TPSA) is 67.9 Å². The number of carbonyl (C=O) groups excluding carboxylic acids is 2. The van der Waals surface area contributed by atoms with Gasteiger partial charge in [-0.25, -0.2) is 4.79 Å². The summed E-state index contributed by atoms with van der Waals surface area (Å²) in [7, 11) is 0. The molecule has 0 radical (unpaired) electrons. The number of allylic oxidation sites excluding steroid dienone is 1. The number of nitrogens with one attached hydrogen (secondary N) is 1. The van der Waals surface area contributed by atoms with E-state index in [1.165, 1.54) is 19.1 Å². The first-order valence-electron chi connectivity index (χ1n) is 10.4. The fourth-order valence-electron chi connectivity index (χ4n) is 2.80. The number of benzene rings is 2. The molecule has 32 heavy (non-hydrogen) atoms. The van der Waals surface area contributed by atoms with Crippen LogP contribution in [0.1, 0.15) is 33.3 Å². The molecule has 6 nitrogen and oxygen atoms in total. The van der Waals surface area contributed by atoms with Crippen LogP contribution < -0.4 is 10.1 Å². The van der Waals surface area contributed by atoms with Gasteiger partial charge in [0.15, 0.2) is 5.78 Å². The number of nitrogens with zero attached hydrogens (tertiary/aromatic N) is 1. The van der Waals surface area contributed by atoms with Gasteiger partial charge in [-0.05, 0) is 51.5 Å². The summed E-state index contributed by atoms with van der Waals surface area (Å²) < 4.78 is 10.7. The third kappa shape index (κ3) is 8.47. The van der Waals surface area contributed by atoms with Crippen molar-refractivity contribution in [3.63, 3.8) is 0 Å². The number of carbonyl (C=O) groups is 2. The van der Waals surface area contributed by atoms with Crippen molar-refractivity contribution >= 4 is 29.0 Å². The Balaban J connectivity index is 2.36. The quantitative estimate of drug-likeness (QED) is 0.353. The third-order valence-corrected chi connectivity index (χ3v) is 4.38. The van der Waals surface area contributed by atoms with Crippen molar-refractivity contribution in [2.45, 2.75) is 40.3 Å². The minimum atomic E-state index is -0.467. The minimum Gasteiger partial charge on any atom is -0.489 e. The molecule has 0 unspecified atom stereocenters. The first kappa shape index (κ1) is 25.0. The molecule has 2 aromatic rings. The van der Waals surface area contributed by atoms with Gasteiger partial charge in [0.05, 0.1) is 17.7 Å². The average Bonchev–Trinajstić information content (AvgIpc) is 2.73. The fraction of sp³-hybridized carbons (Fsp3) is 0.280. The molecular weight excluding hydrogens is 428 g/mol. The summed E-state index contributed by atoms with van der Waals surface area (Å²) in [5.74, 6) is 0.440. The molecule has 0 saturated heterocycles. The lowest BCUT2D eigenvalue weighted by Gasteiger charge is -2.25. The number of anilines is 1. The first-order valence-corrected chi connectivity index (χ1v) is 10.8. The van der Waals surface area contributed by atoms with Gasteiger partial charge in [0.2, 0.25) is 0 Å². The average molecular weight is 457 g/mol. The molecule has 0 amide bonds. The Kier molecular flexibility index (Phi) is 9.82. The number of hydrogen-bond donors (Lipinski definition) is 1. The van der Waals surface area contributed by atoms with E-state index >= 15 is 0 Å². The predicted molar refractivity (Wildman–Crippen MR) is 127 cm³/mol. The van der Waals surface area contributed by atoms with E-state index in [1.807, 2.05) is 50.2 Å². The van der Waals surface area contributed by atoms with Crippen molar-refractivity contribution < 1.29 is 19.1 Å². The van der Waals surface area contributed by atoms with Gasteiger partial charge in [-0.15, -0.1) is 0 Å². The molecule has 0 bridgehead atoms. The van der Waals surface area contributed by atoms with Gasteiger partial charge in [-0.3, -0.25) is 4.79 Å². The normalized spacial score (nSPS) is 11.5. The van der Waals surface area contributed by atoms with Crippen LogP contribution in [0.3, 0.4) is 0 Å². The summed E-state index contributed by atoms with van der Waals surface area (Å²) in [5, 5.41) is 3.68. The lowest BCUT2D eigenvalue weighted by molar-refractivity contribution is -0.137. The van der Waals surface area contributed by atoms with E-state index in [0.717, 1.165) is 5.56 Å². The Morgan fingerprint density at radius 3 is 2.47 bits per heavy atom. The van der Waals surface area contributed by atoms with Gasteiger partial charge in [-0.2, -0.15) is 0 Å². The van der Waals surface area contributed by atoms with Crippen LogP contribution in [0.4, 0.5) is 5.69 Å². The number of ketones is 1. The zero-order valence-corrected chi connectivity index (χ0v) is 19.6. The number of esters is 1. The minimum absolute atomic E-state index is 0.00569. The standard InChI is InChI=1S/C25H29ClN2O4/c1-5-31-25(30)13-14-28(17-20-9-7-6-8-10-20)24(15-19(4)29)27-21-11-12-23(22(26)16-21)32-18(2)3/h6-16,18,27H,5,17H2,1-4H3/b14-13+,24-15-. The highest BCUT2D eigenvalue weighted by molar-refractivity contribution is 6.32.